The Morgan fingerprint density at radius 1 is 1.20 bits per heavy atom. The normalized spacial score (nSPS) is 12.2. The van der Waals surface area contributed by atoms with Crippen LogP contribution in [0, 0.1) is 5.92 Å². The number of esters is 1. The molecule has 0 aromatic rings. The molecular formula is C15H25KO4. The molecule has 0 saturated heterocycles. The monoisotopic (exact) mass is 308 g/mol. The Morgan fingerprint density at radius 3 is 2.35 bits per heavy atom. The van der Waals surface area contributed by atoms with Crippen LogP contribution in [0.1, 0.15) is 59.3 Å². The standard InChI is InChI=1S/C15H26O4.K/c1-4-5-6-7-8-9-10-13(11-14(16)17)15(18)19-12(2)3;/h9-10,12-13H,4-8,11H2,1-3H3,(H,16,17);/q;+1/p-1/b10-9+;. The van der Waals surface area contributed by atoms with Gasteiger partial charge in [-0.05, 0) is 26.7 Å². The number of allylic oxidation sites excluding steroid dienone is 1. The minimum Gasteiger partial charge on any atom is -0.550 e. The van der Waals surface area contributed by atoms with Gasteiger partial charge in [-0.1, -0.05) is 38.3 Å². The van der Waals surface area contributed by atoms with Crippen LogP contribution in [0.5, 0.6) is 0 Å². The summed E-state index contributed by atoms with van der Waals surface area (Å²) >= 11 is 0. The largest absolute Gasteiger partial charge is 1.00 e. The van der Waals surface area contributed by atoms with Crippen molar-refractivity contribution in [3.63, 3.8) is 0 Å². The van der Waals surface area contributed by atoms with E-state index < -0.39 is 17.9 Å². The number of hydrogen-bond acceptors (Lipinski definition) is 4. The summed E-state index contributed by atoms with van der Waals surface area (Å²) in [6, 6.07) is 0. The molecule has 20 heavy (non-hydrogen) atoms. The van der Waals surface area contributed by atoms with E-state index in [-0.39, 0.29) is 63.9 Å². The van der Waals surface area contributed by atoms with E-state index in [4.69, 9.17) is 4.74 Å². The molecule has 5 heteroatoms. The summed E-state index contributed by atoms with van der Waals surface area (Å²) in [5.74, 6) is -2.47. The molecule has 110 valence electrons. The maximum Gasteiger partial charge on any atom is 1.00 e. The zero-order valence-electron chi connectivity index (χ0n) is 13.2. The molecule has 0 aliphatic carbocycles. The van der Waals surface area contributed by atoms with Crippen LogP contribution in [-0.2, 0) is 14.3 Å². The number of carboxylic acids is 1. The van der Waals surface area contributed by atoms with Crippen LogP contribution in [0.25, 0.3) is 0 Å². The van der Waals surface area contributed by atoms with Crippen molar-refractivity contribution in [2.75, 3.05) is 0 Å². The quantitative estimate of drug-likeness (QED) is 0.230. The molecule has 0 N–H and O–H groups in total. The van der Waals surface area contributed by atoms with Gasteiger partial charge in [0, 0.05) is 12.4 Å². The van der Waals surface area contributed by atoms with E-state index in [1.54, 1.807) is 19.9 Å². The molecule has 0 radical (unpaired) electrons. The Morgan fingerprint density at radius 2 is 1.85 bits per heavy atom. The van der Waals surface area contributed by atoms with Gasteiger partial charge < -0.3 is 14.6 Å². The summed E-state index contributed by atoms with van der Waals surface area (Å²) in [5, 5.41) is 10.6. The van der Waals surface area contributed by atoms with E-state index >= 15 is 0 Å². The van der Waals surface area contributed by atoms with Crippen molar-refractivity contribution in [3.05, 3.63) is 12.2 Å². The van der Waals surface area contributed by atoms with Crippen molar-refractivity contribution in [2.45, 2.75) is 65.4 Å². The number of carboxylic acid groups (broad SMARTS) is 1. The fourth-order valence-corrected chi connectivity index (χ4v) is 1.68. The zero-order valence-corrected chi connectivity index (χ0v) is 16.3. The van der Waals surface area contributed by atoms with Crippen LogP contribution in [-0.4, -0.2) is 18.0 Å². The van der Waals surface area contributed by atoms with Crippen molar-refractivity contribution in [1.82, 2.24) is 0 Å². The summed E-state index contributed by atoms with van der Waals surface area (Å²) < 4.78 is 5.03. The van der Waals surface area contributed by atoms with Gasteiger partial charge in [0.15, 0.2) is 0 Å². The second-order valence-corrected chi connectivity index (χ2v) is 4.95. The van der Waals surface area contributed by atoms with Crippen LogP contribution in [0.4, 0.5) is 0 Å². The molecule has 0 rings (SSSR count). The van der Waals surface area contributed by atoms with Crippen LogP contribution in [0.3, 0.4) is 0 Å². The summed E-state index contributed by atoms with van der Waals surface area (Å²) in [6.07, 6.45) is 8.38. The van der Waals surface area contributed by atoms with Gasteiger partial charge in [-0.3, -0.25) is 4.79 Å². The van der Waals surface area contributed by atoms with Gasteiger partial charge in [-0.25, -0.2) is 0 Å². The van der Waals surface area contributed by atoms with Gasteiger partial charge in [-0.15, -0.1) is 0 Å². The van der Waals surface area contributed by atoms with Crippen molar-refractivity contribution in [1.29, 1.82) is 0 Å². The van der Waals surface area contributed by atoms with Gasteiger partial charge >= 0.3 is 57.4 Å². The second kappa shape index (κ2) is 14.3. The predicted molar refractivity (Wildman–Crippen MR) is 72.2 cm³/mol. The van der Waals surface area contributed by atoms with Crippen LogP contribution in [0.2, 0.25) is 0 Å². The third kappa shape index (κ3) is 13.3. The van der Waals surface area contributed by atoms with E-state index in [2.05, 4.69) is 6.92 Å². The summed E-state index contributed by atoms with van der Waals surface area (Å²) in [6.45, 7) is 5.62. The van der Waals surface area contributed by atoms with Gasteiger partial charge in [-0.2, -0.15) is 0 Å². The first-order valence-corrected chi connectivity index (χ1v) is 7.04. The number of unbranched alkanes of at least 4 members (excludes halogenated alkanes) is 4. The van der Waals surface area contributed by atoms with E-state index in [1.807, 2.05) is 6.08 Å². The number of hydrogen-bond donors (Lipinski definition) is 0. The molecule has 0 spiro atoms. The minimum absolute atomic E-state index is 0. The first-order valence-electron chi connectivity index (χ1n) is 7.04. The fraction of sp³-hybridized carbons (Fsp3) is 0.733. The molecule has 1 atom stereocenters. The first kappa shape index (κ1) is 22.6. The average Bonchev–Trinajstić information content (AvgIpc) is 2.30. The minimum atomic E-state index is -1.23. The molecule has 0 aliphatic heterocycles. The third-order valence-electron chi connectivity index (χ3n) is 2.63. The zero-order chi connectivity index (χ0) is 14.7. The smallest absolute Gasteiger partial charge is 0.550 e. The summed E-state index contributed by atoms with van der Waals surface area (Å²) in [5.41, 5.74) is 0. The Bertz CT molecular complexity index is 300. The molecule has 0 aliphatic rings. The van der Waals surface area contributed by atoms with Crippen LogP contribution >= 0.6 is 0 Å². The molecule has 1 unspecified atom stereocenters. The van der Waals surface area contributed by atoms with Gasteiger partial charge in [0.25, 0.3) is 0 Å². The molecule has 0 saturated carbocycles. The maximum absolute atomic E-state index is 11.7. The Hall–Kier alpha value is 0.316. The Kier molecular flexibility index (Phi) is 16.1. The van der Waals surface area contributed by atoms with Crippen molar-refractivity contribution < 1.29 is 70.8 Å². The van der Waals surface area contributed by atoms with Crippen LogP contribution < -0.4 is 56.5 Å². The van der Waals surface area contributed by atoms with Gasteiger partial charge in [0.2, 0.25) is 0 Å². The molecule has 0 amide bonds. The summed E-state index contributed by atoms with van der Waals surface area (Å²) in [7, 11) is 0. The SMILES string of the molecule is CCCCCC/C=C/C(CC(=O)[O-])C(=O)OC(C)C.[K+]. The van der Waals surface area contributed by atoms with Crippen molar-refractivity contribution >= 4 is 11.9 Å². The molecular weight excluding hydrogens is 283 g/mol. The van der Waals surface area contributed by atoms with E-state index in [1.165, 1.54) is 12.8 Å². The van der Waals surface area contributed by atoms with Crippen LogP contribution in [0.15, 0.2) is 12.2 Å². The third-order valence-corrected chi connectivity index (χ3v) is 2.63. The number of carbonyl (C=O) groups excluding carboxylic acids is 2. The second-order valence-electron chi connectivity index (χ2n) is 4.95. The Balaban J connectivity index is 0. The topological polar surface area (TPSA) is 66.4 Å². The molecule has 0 aromatic carbocycles. The van der Waals surface area contributed by atoms with Crippen molar-refractivity contribution in [2.24, 2.45) is 5.92 Å². The average molecular weight is 308 g/mol. The van der Waals surface area contributed by atoms with Gasteiger partial charge in [0.05, 0.1) is 12.0 Å². The van der Waals surface area contributed by atoms with Crippen molar-refractivity contribution in [3.8, 4) is 0 Å². The first-order chi connectivity index (χ1) is 8.97. The summed E-state index contributed by atoms with van der Waals surface area (Å²) in [4.78, 5) is 22.3. The number of rotatable bonds is 10. The van der Waals surface area contributed by atoms with E-state index in [0.717, 1.165) is 19.3 Å². The number of carbonyl (C=O) groups is 2. The molecule has 0 heterocycles. The van der Waals surface area contributed by atoms with Gasteiger partial charge in [0.1, 0.15) is 0 Å². The number of ether oxygens (including phenoxy) is 1. The number of aliphatic carboxylic acids is 1. The molecule has 0 fully saturated rings. The molecule has 0 aromatic heterocycles. The van der Waals surface area contributed by atoms with E-state index in [0.29, 0.717) is 0 Å². The predicted octanol–water partition coefficient (Wildman–Crippen LogP) is -0.775. The molecule has 0 bridgehead atoms. The maximum atomic E-state index is 11.7. The van der Waals surface area contributed by atoms with E-state index in [9.17, 15) is 14.7 Å². The fourth-order valence-electron chi connectivity index (χ4n) is 1.68. The molecule has 4 nitrogen and oxygen atoms in total. The Labute approximate surface area is 164 Å².